The van der Waals surface area contributed by atoms with Crippen LogP contribution >= 0.6 is 11.6 Å². The molecule has 0 aliphatic heterocycles. The number of nitrogens with one attached hydrogen (secondary N) is 1. The fraction of sp³-hybridized carbons (Fsp3) is 0.250. The Kier molecular flexibility index (Phi) is 4.35. The van der Waals surface area contributed by atoms with E-state index in [4.69, 9.17) is 11.6 Å². The molecule has 1 saturated carbocycles. The van der Waals surface area contributed by atoms with Crippen molar-refractivity contribution in [2.24, 2.45) is 5.92 Å². The van der Waals surface area contributed by atoms with E-state index < -0.39 is 22.8 Å². The van der Waals surface area contributed by atoms with Crippen LogP contribution in [-0.2, 0) is 11.3 Å². The van der Waals surface area contributed by atoms with Crippen molar-refractivity contribution < 1.29 is 9.72 Å². The second-order valence-electron chi connectivity index (χ2n) is 5.66. The maximum Gasteiger partial charge on any atom is 0.250 e. The third kappa shape index (κ3) is 3.46. The smallest absolute Gasteiger partial charge is 0.250 e. The van der Waals surface area contributed by atoms with E-state index in [0.717, 1.165) is 5.56 Å². The number of amides is 1. The monoisotopic (exact) mass is 347 g/mol. The van der Waals surface area contributed by atoms with Gasteiger partial charge in [0.2, 0.25) is 11.9 Å². The first kappa shape index (κ1) is 16.2. The predicted molar refractivity (Wildman–Crippen MR) is 88.8 cm³/mol. The number of aromatic nitrogens is 1. The molecular formula is C16H14ClN3O4. The second kappa shape index (κ2) is 6.45. The van der Waals surface area contributed by atoms with Crippen LogP contribution in [0.3, 0.4) is 0 Å². The van der Waals surface area contributed by atoms with E-state index in [2.05, 4.69) is 5.32 Å². The molecule has 1 aliphatic carbocycles. The highest BCUT2D eigenvalue weighted by Gasteiger charge is 2.53. The van der Waals surface area contributed by atoms with Crippen molar-refractivity contribution >= 4 is 23.2 Å². The Morgan fingerprint density at radius 1 is 1.33 bits per heavy atom. The van der Waals surface area contributed by atoms with E-state index in [1.54, 1.807) is 12.1 Å². The molecule has 7 nitrogen and oxygen atoms in total. The lowest BCUT2D eigenvalue weighted by atomic mass is 10.2. The van der Waals surface area contributed by atoms with Gasteiger partial charge in [0.05, 0.1) is 12.2 Å². The zero-order chi connectivity index (χ0) is 17.3. The Morgan fingerprint density at radius 3 is 2.75 bits per heavy atom. The molecule has 24 heavy (non-hydrogen) atoms. The highest BCUT2D eigenvalue weighted by molar-refractivity contribution is 6.31. The zero-order valence-corrected chi connectivity index (χ0v) is 13.3. The summed E-state index contributed by atoms with van der Waals surface area (Å²) in [5, 5.41) is 13.8. The zero-order valence-electron chi connectivity index (χ0n) is 12.5. The summed E-state index contributed by atoms with van der Waals surface area (Å²) in [5.41, 5.74) is 0.962. The first-order chi connectivity index (χ1) is 11.5. The number of pyridine rings is 1. The molecule has 1 amide bonds. The van der Waals surface area contributed by atoms with E-state index in [1.807, 2.05) is 12.1 Å². The molecule has 1 heterocycles. The van der Waals surface area contributed by atoms with Crippen LogP contribution in [0.4, 0.5) is 5.69 Å². The average molecular weight is 348 g/mol. The SMILES string of the molecule is O=C(Nc1ccc(=O)n(Cc2ccccc2Cl)c1)[C@@H]1C[C@H]1[N+](=O)[O-]. The largest absolute Gasteiger partial charge is 0.324 e. The van der Waals surface area contributed by atoms with Gasteiger partial charge in [-0.05, 0) is 17.7 Å². The molecule has 1 aromatic carbocycles. The van der Waals surface area contributed by atoms with E-state index in [0.29, 0.717) is 10.7 Å². The summed E-state index contributed by atoms with van der Waals surface area (Å²) in [6.45, 7) is 0.267. The Bertz CT molecular complexity index is 864. The van der Waals surface area contributed by atoms with Crippen LogP contribution in [0.5, 0.6) is 0 Å². The van der Waals surface area contributed by atoms with Crippen molar-refractivity contribution in [2.75, 3.05) is 5.32 Å². The third-order valence-electron chi connectivity index (χ3n) is 3.91. The van der Waals surface area contributed by atoms with Crippen LogP contribution < -0.4 is 10.9 Å². The van der Waals surface area contributed by atoms with Crippen LogP contribution in [0.1, 0.15) is 12.0 Å². The van der Waals surface area contributed by atoms with Crippen molar-refractivity contribution in [3.63, 3.8) is 0 Å². The predicted octanol–water partition coefficient (Wildman–Crippen LogP) is 2.15. The maximum absolute atomic E-state index is 12.0. The molecule has 2 atom stereocenters. The molecule has 8 heteroatoms. The minimum Gasteiger partial charge on any atom is -0.324 e. The van der Waals surface area contributed by atoms with Crippen molar-refractivity contribution in [1.82, 2.24) is 4.57 Å². The van der Waals surface area contributed by atoms with Gasteiger partial charge in [-0.25, -0.2) is 0 Å². The molecule has 0 unspecified atom stereocenters. The standard InChI is InChI=1S/C16H14ClN3O4/c17-13-4-2-1-3-10(13)8-19-9-11(5-6-15(19)21)18-16(22)12-7-14(12)20(23)24/h1-6,9,12,14H,7-8H2,(H,18,22)/t12-,14-/m1/s1. The van der Waals surface area contributed by atoms with E-state index in [1.165, 1.54) is 22.9 Å². The summed E-state index contributed by atoms with van der Waals surface area (Å²) in [4.78, 5) is 34.1. The van der Waals surface area contributed by atoms with Crippen molar-refractivity contribution in [3.05, 3.63) is 73.6 Å². The molecule has 0 saturated heterocycles. The number of rotatable bonds is 5. The van der Waals surface area contributed by atoms with E-state index in [9.17, 15) is 19.7 Å². The summed E-state index contributed by atoms with van der Waals surface area (Å²) in [6, 6.07) is 9.18. The van der Waals surface area contributed by atoms with Crippen LogP contribution in [0.15, 0.2) is 47.4 Å². The van der Waals surface area contributed by atoms with Crippen LogP contribution in [0.25, 0.3) is 0 Å². The van der Waals surface area contributed by atoms with Crippen LogP contribution in [0.2, 0.25) is 5.02 Å². The molecule has 124 valence electrons. The van der Waals surface area contributed by atoms with Crippen molar-refractivity contribution in [3.8, 4) is 0 Å². The molecule has 0 spiro atoms. The first-order valence-corrected chi connectivity index (χ1v) is 7.72. The summed E-state index contributed by atoms with van der Waals surface area (Å²) < 4.78 is 1.43. The van der Waals surface area contributed by atoms with Crippen LogP contribution in [0, 0.1) is 16.0 Å². The summed E-state index contributed by atoms with van der Waals surface area (Å²) >= 11 is 6.10. The van der Waals surface area contributed by atoms with Gasteiger partial charge in [-0.1, -0.05) is 29.8 Å². The van der Waals surface area contributed by atoms with Gasteiger partial charge in [-0.3, -0.25) is 19.7 Å². The van der Waals surface area contributed by atoms with Gasteiger partial charge in [0, 0.05) is 28.6 Å². The maximum atomic E-state index is 12.0. The lowest BCUT2D eigenvalue weighted by Crippen LogP contribution is -2.23. The highest BCUT2D eigenvalue weighted by atomic mass is 35.5. The average Bonchev–Trinajstić information content (AvgIpc) is 3.33. The van der Waals surface area contributed by atoms with Crippen molar-refractivity contribution in [2.45, 2.75) is 19.0 Å². The van der Waals surface area contributed by atoms with E-state index in [-0.39, 0.29) is 18.5 Å². The Balaban J connectivity index is 1.75. The number of hydrogen-bond acceptors (Lipinski definition) is 4. The topological polar surface area (TPSA) is 94.2 Å². The molecular weight excluding hydrogens is 334 g/mol. The molecule has 1 aromatic heterocycles. The summed E-state index contributed by atoms with van der Waals surface area (Å²) in [5.74, 6) is -1.01. The molecule has 2 aromatic rings. The lowest BCUT2D eigenvalue weighted by molar-refractivity contribution is -0.497. The van der Waals surface area contributed by atoms with Gasteiger partial charge < -0.3 is 9.88 Å². The van der Waals surface area contributed by atoms with Gasteiger partial charge in [0.25, 0.3) is 5.56 Å². The summed E-state index contributed by atoms with van der Waals surface area (Å²) in [7, 11) is 0. The summed E-state index contributed by atoms with van der Waals surface area (Å²) in [6.07, 6.45) is 1.76. The van der Waals surface area contributed by atoms with Gasteiger partial charge in [-0.2, -0.15) is 0 Å². The van der Waals surface area contributed by atoms with Crippen molar-refractivity contribution in [1.29, 1.82) is 0 Å². The minimum absolute atomic E-state index is 0.234. The molecule has 1 N–H and O–H groups in total. The molecule has 0 radical (unpaired) electrons. The number of nitro groups is 1. The first-order valence-electron chi connectivity index (χ1n) is 7.34. The Hall–Kier alpha value is -2.67. The molecule has 0 bridgehead atoms. The number of carbonyl (C=O) groups excluding carboxylic acids is 1. The number of nitrogens with zero attached hydrogens (tertiary/aromatic N) is 2. The number of benzene rings is 1. The van der Waals surface area contributed by atoms with Crippen LogP contribution in [-0.4, -0.2) is 21.4 Å². The lowest BCUT2D eigenvalue weighted by Gasteiger charge is -2.10. The number of hydrogen-bond donors (Lipinski definition) is 1. The number of carbonyl (C=O) groups is 1. The fourth-order valence-corrected chi connectivity index (χ4v) is 2.67. The Morgan fingerprint density at radius 2 is 2.08 bits per heavy atom. The molecule has 1 aliphatic rings. The van der Waals surface area contributed by atoms with E-state index >= 15 is 0 Å². The molecule has 3 rings (SSSR count). The normalized spacial score (nSPS) is 18.9. The van der Waals surface area contributed by atoms with Gasteiger partial charge >= 0.3 is 0 Å². The fourth-order valence-electron chi connectivity index (χ4n) is 2.47. The number of halogens is 1. The minimum atomic E-state index is -0.806. The second-order valence-corrected chi connectivity index (χ2v) is 6.07. The quantitative estimate of drug-likeness (QED) is 0.662. The third-order valence-corrected chi connectivity index (χ3v) is 4.28. The van der Waals surface area contributed by atoms with Gasteiger partial charge in [0.1, 0.15) is 5.92 Å². The van der Waals surface area contributed by atoms with Gasteiger partial charge in [-0.15, -0.1) is 0 Å². The molecule has 1 fully saturated rings. The highest BCUT2D eigenvalue weighted by Crippen LogP contribution is 2.34. The van der Waals surface area contributed by atoms with Gasteiger partial charge in [0.15, 0.2) is 0 Å². The Labute approximate surface area is 142 Å². The number of anilines is 1.